The number of ether oxygens (including phenoxy) is 2. The molecule has 0 amide bonds. The van der Waals surface area contributed by atoms with Gasteiger partial charge in [-0.3, -0.25) is 10.1 Å². The Morgan fingerprint density at radius 2 is 2.22 bits per heavy atom. The number of hydrogen-bond donors (Lipinski definition) is 0. The Kier molecular flexibility index (Phi) is 3.74. The third-order valence-corrected chi connectivity index (χ3v) is 3.99. The highest BCUT2D eigenvalue weighted by Gasteiger charge is 2.33. The fourth-order valence-electron chi connectivity index (χ4n) is 2.98. The van der Waals surface area contributed by atoms with E-state index in [1.807, 2.05) is 26.8 Å². The number of benzene rings is 1. The van der Waals surface area contributed by atoms with Gasteiger partial charge in [0.1, 0.15) is 6.10 Å². The van der Waals surface area contributed by atoms with Crippen molar-refractivity contribution < 1.29 is 14.4 Å². The third kappa shape index (κ3) is 3.00. The van der Waals surface area contributed by atoms with Crippen molar-refractivity contribution in [2.24, 2.45) is 0 Å². The van der Waals surface area contributed by atoms with Gasteiger partial charge in [-0.05, 0) is 38.5 Å². The van der Waals surface area contributed by atoms with Gasteiger partial charge in [-0.15, -0.1) is 0 Å². The number of hydrogen-bond acceptors (Lipinski definition) is 4. The molecule has 6 heteroatoms. The van der Waals surface area contributed by atoms with Crippen LogP contribution in [0.3, 0.4) is 0 Å². The maximum absolute atomic E-state index is 11.0. The Morgan fingerprint density at radius 3 is 2.78 bits per heavy atom. The number of nitro groups is 1. The maximum Gasteiger partial charge on any atom is 0.270 e. The molecule has 1 aromatic heterocycles. The minimum atomic E-state index is -0.574. The zero-order valence-corrected chi connectivity index (χ0v) is 13.5. The van der Waals surface area contributed by atoms with E-state index in [4.69, 9.17) is 9.47 Å². The second-order valence-electron chi connectivity index (χ2n) is 6.37. The third-order valence-electron chi connectivity index (χ3n) is 3.99. The molecule has 1 atom stereocenters. The van der Waals surface area contributed by atoms with Gasteiger partial charge < -0.3 is 14.0 Å². The van der Waals surface area contributed by atoms with Crippen molar-refractivity contribution in [1.29, 1.82) is 0 Å². The maximum atomic E-state index is 11.0. The van der Waals surface area contributed by atoms with Crippen LogP contribution < -0.4 is 0 Å². The summed E-state index contributed by atoms with van der Waals surface area (Å²) in [6.07, 6.45) is -0.0612. The highest BCUT2D eigenvalue weighted by molar-refractivity contribution is 5.87. The minimum Gasteiger partial charge on any atom is -0.348 e. The van der Waals surface area contributed by atoms with E-state index >= 15 is 0 Å². The molecule has 3 rings (SSSR count). The molecule has 1 saturated heterocycles. The van der Waals surface area contributed by atoms with Crippen molar-refractivity contribution in [3.8, 4) is 0 Å². The minimum absolute atomic E-state index is 0.0612. The van der Waals surface area contributed by atoms with Crippen LogP contribution in [-0.2, 0) is 16.0 Å². The zero-order chi connectivity index (χ0) is 16.8. The Labute approximate surface area is 134 Å². The van der Waals surface area contributed by atoms with Crippen LogP contribution in [0.5, 0.6) is 0 Å². The summed E-state index contributed by atoms with van der Waals surface area (Å²) in [7, 11) is 0. The smallest absolute Gasteiger partial charge is 0.270 e. The molecule has 1 aromatic carbocycles. The number of aromatic nitrogens is 1. The topological polar surface area (TPSA) is 66.5 Å². The molecular formula is C17H20N2O4. The van der Waals surface area contributed by atoms with Crippen molar-refractivity contribution in [3.63, 3.8) is 0 Å². The molecule has 1 fully saturated rings. The van der Waals surface area contributed by atoms with Crippen molar-refractivity contribution in [1.82, 2.24) is 4.57 Å². The van der Waals surface area contributed by atoms with E-state index in [0.29, 0.717) is 13.2 Å². The summed E-state index contributed by atoms with van der Waals surface area (Å²) >= 11 is 0. The van der Waals surface area contributed by atoms with Crippen LogP contribution in [0.2, 0.25) is 0 Å². The molecule has 0 unspecified atom stereocenters. The normalized spacial score (nSPS) is 20.0. The van der Waals surface area contributed by atoms with Crippen molar-refractivity contribution >= 4 is 22.2 Å². The molecular weight excluding hydrogens is 296 g/mol. The second-order valence-corrected chi connectivity index (χ2v) is 6.37. The molecule has 122 valence electrons. The van der Waals surface area contributed by atoms with E-state index in [2.05, 4.69) is 11.1 Å². The average Bonchev–Trinajstić information content (AvgIpc) is 2.99. The highest BCUT2D eigenvalue weighted by Crippen LogP contribution is 2.30. The lowest BCUT2D eigenvalue weighted by Crippen LogP contribution is -2.24. The summed E-state index contributed by atoms with van der Waals surface area (Å²) in [6, 6.07) is 6.83. The number of fused-ring (bicyclic) bond motifs is 1. The number of nitrogens with zero attached hydrogens (tertiary/aromatic N) is 2. The summed E-state index contributed by atoms with van der Waals surface area (Å²) in [5, 5.41) is 11.8. The van der Waals surface area contributed by atoms with E-state index in [9.17, 15) is 10.1 Å². The monoisotopic (exact) mass is 316 g/mol. The summed E-state index contributed by atoms with van der Waals surface area (Å²) in [5.74, 6) is -0.574. The number of non-ortho nitro benzene ring substituents is 1. The van der Waals surface area contributed by atoms with Crippen molar-refractivity contribution in [2.75, 3.05) is 6.61 Å². The van der Waals surface area contributed by atoms with E-state index in [1.165, 1.54) is 6.07 Å². The Bertz CT molecular complexity index is 791. The Morgan fingerprint density at radius 1 is 1.48 bits per heavy atom. The van der Waals surface area contributed by atoms with Gasteiger partial charge in [0.25, 0.3) is 5.69 Å². The first-order chi connectivity index (χ1) is 10.8. The second kappa shape index (κ2) is 5.47. The fraction of sp³-hybridized carbons (Fsp3) is 0.412. The van der Waals surface area contributed by atoms with E-state index in [0.717, 1.165) is 22.2 Å². The first-order valence-electron chi connectivity index (χ1n) is 7.52. The van der Waals surface area contributed by atoms with E-state index in [1.54, 1.807) is 12.1 Å². The lowest BCUT2D eigenvalue weighted by atomic mass is 10.2. The molecule has 1 aliphatic heterocycles. The van der Waals surface area contributed by atoms with Crippen LogP contribution in [0, 0.1) is 10.1 Å². The van der Waals surface area contributed by atoms with Gasteiger partial charge in [0, 0.05) is 28.7 Å². The van der Waals surface area contributed by atoms with Gasteiger partial charge in [0.05, 0.1) is 18.1 Å². The average molecular weight is 316 g/mol. The standard InChI is InChI=1S/C17H20N2O4/c1-11(2)16-8-12-7-13(19(20)21)5-6-15(12)18(16)9-14-10-22-17(3,4)23-14/h5-8,14H,1,9-10H2,2-4H3/t14-/m1/s1. The lowest BCUT2D eigenvalue weighted by Gasteiger charge is -2.19. The van der Waals surface area contributed by atoms with E-state index in [-0.39, 0.29) is 16.7 Å². The molecule has 0 saturated carbocycles. The number of nitro benzene ring substituents is 1. The SMILES string of the molecule is C=C(C)c1cc2cc([N+](=O)[O-])ccc2n1C[C@@H]1COC(C)(C)O1. The van der Waals surface area contributed by atoms with Gasteiger partial charge in [0.15, 0.2) is 5.79 Å². The fourth-order valence-corrected chi connectivity index (χ4v) is 2.98. The Hall–Kier alpha value is -2.18. The quantitative estimate of drug-likeness (QED) is 0.636. The summed E-state index contributed by atoms with van der Waals surface area (Å²) in [5.41, 5.74) is 2.88. The number of allylic oxidation sites excluding steroid dienone is 1. The van der Waals surface area contributed by atoms with Gasteiger partial charge in [-0.25, -0.2) is 0 Å². The molecule has 1 aliphatic rings. The lowest BCUT2D eigenvalue weighted by molar-refractivity contribution is -0.384. The molecule has 0 bridgehead atoms. The molecule has 0 aliphatic carbocycles. The van der Waals surface area contributed by atoms with Gasteiger partial charge in [-0.1, -0.05) is 6.58 Å². The largest absolute Gasteiger partial charge is 0.348 e. The summed E-state index contributed by atoms with van der Waals surface area (Å²) < 4.78 is 13.6. The first kappa shape index (κ1) is 15.7. The molecule has 6 nitrogen and oxygen atoms in total. The zero-order valence-electron chi connectivity index (χ0n) is 13.5. The summed E-state index contributed by atoms with van der Waals surface area (Å²) in [4.78, 5) is 10.6. The predicted molar refractivity (Wildman–Crippen MR) is 88.2 cm³/mol. The molecule has 0 spiro atoms. The van der Waals surface area contributed by atoms with Crippen molar-refractivity contribution in [2.45, 2.75) is 39.2 Å². The van der Waals surface area contributed by atoms with E-state index < -0.39 is 5.79 Å². The van der Waals surface area contributed by atoms with Crippen molar-refractivity contribution in [3.05, 3.63) is 46.7 Å². The first-order valence-corrected chi connectivity index (χ1v) is 7.52. The predicted octanol–water partition coefficient (Wildman–Crippen LogP) is 3.73. The molecule has 2 heterocycles. The molecule has 0 radical (unpaired) electrons. The van der Waals surface area contributed by atoms with Crippen LogP contribution in [0.15, 0.2) is 30.8 Å². The molecule has 23 heavy (non-hydrogen) atoms. The van der Waals surface area contributed by atoms with Gasteiger partial charge in [-0.2, -0.15) is 0 Å². The molecule has 0 N–H and O–H groups in total. The van der Waals surface area contributed by atoms with Gasteiger partial charge in [0.2, 0.25) is 0 Å². The Balaban J connectivity index is 2.02. The highest BCUT2D eigenvalue weighted by atomic mass is 16.7. The van der Waals surface area contributed by atoms with Crippen LogP contribution in [-0.4, -0.2) is 28.0 Å². The molecule has 2 aromatic rings. The van der Waals surface area contributed by atoms with Crippen LogP contribution in [0.25, 0.3) is 16.5 Å². The van der Waals surface area contributed by atoms with Gasteiger partial charge >= 0.3 is 0 Å². The summed E-state index contributed by atoms with van der Waals surface area (Å²) in [6.45, 7) is 10.9. The van der Waals surface area contributed by atoms with Crippen LogP contribution in [0.1, 0.15) is 26.5 Å². The van der Waals surface area contributed by atoms with Crippen LogP contribution in [0.4, 0.5) is 5.69 Å². The van der Waals surface area contributed by atoms with Crippen LogP contribution >= 0.6 is 0 Å². The number of rotatable bonds is 4.